The fourth-order valence-corrected chi connectivity index (χ4v) is 2.77. The first-order chi connectivity index (χ1) is 9.97. The summed E-state index contributed by atoms with van der Waals surface area (Å²) in [5.41, 5.74) is 5.27. The molecule has 3 aromatic rings. The molecule has 0 aliphatic heterocycles. The predicted octanol–water partition coefficient (Wildman–Crippen LogP) is 4.30. The van der Waals surface area contributed by atoms with Gasteiger partial charge < -0.3 is 9.09 Å². The summed E-state index contributed by atoms with van der Waals surface area (Å²) in [7, 11) is 0. The Morgan fingerprint density at radius 1 is 1.29 bits per heavy atom. The highest BCUT2D eigenvalue weighted by molar-refractivity contribution is 6.20. The first kappa shape index (κ1) is 14.1. The maximum Gasteiger partial charge on any atom is 0.138 e. The zero-order chi connectivity index (χ0) is 15.1. The molecule has 0 aliphatic carbocycles. The third-order valence-corrected chi connectivity index (χ3v) is 3.98. The van der Waals surface area contributed by atoms with Crippen LogP contribution in [0.25, 0.3) is 11.0 Å². The van der Waals surface area contributed by atoms with Crippen molar-refractivity contribution in [2.45, 2.75) is 39.6 Å². The van der Waals surface area contributed by atoms with Crippen molar-refractivity contribution in [3.05, 3.63) is 46.6 Å². The Hall–Kier alpha value is -1.81. The minimum Gasteiger partial charge on any atom is -0.361 e. The first-order valence-corrected chi connectivity index (χ1v) is 7.43. The standard InChI is InChI=1S/C16H18ClN3O/c1-9-5-6-14-15(7-9)20(16(18-14)10(2)17)8-13-11(3)19-21-12(13)4/h5-7,10H,8H2,1-4H3. The van der Waals surface area contributed by atoms with Crippen LogP contribution in [0.3, 0.4) is 0 Å². The minimum atomic E-state index is -0.154. The van der Waals surface area contributed by atoms with E-state index in [1.165, 1.54) is 5.56 Å². The van der Waals surface area contributed by atoms with Crippen LogP contribution < -0.4 is 0 Å². The average molecular weight is 304 g/mol. The second kappa shape index (κ2) is 5.19. The van der Waals surface area contributed by atoms with Crippen molar-refractivity contribution < 1.29 is 4.52 Å². The molecule has 0 fully saturated rings. The van der Waals surface area contributed by atoms with E-state index in [2.05, 4.69) is 33.8 Å². The summed E-state index contributed by atoms with van der Waals surface area (Å²) in [4.78, 5) is 4.67. The van der Waals surface area contributed by atoms with Crippen LogP contribution in [-0.4, -0.2) is 14.7 Å². The van der Waals surface area contributed by atoms with Crippen LogP contribution in [0.1, 0.15) is 40.7 Å². The monoisotopic (exact) mass is 303 g/mol. The summed E-state index contributed by atoms with van der Waals surface area (Å²) in [5.74, 6) is 1.72. The number of nitrogens with zero attached hydrogens (tertiary/aromatic N) is 3. The molecule has 110 valence electrons. The molecule has 1 atom stereocenters. The van der Waals surface area contributed by atoms with Crippen molar-refractivity contribution in [2.75, 3.05) is 0 Å². The van der Waals surface area contributed by atoms with Gasteiger partial charge in [-0.25, -0.2) is 4.98 Å². The van der Waals surface area contributed by atoms with E-state index in [9.17, 15) is 0 Å². The third kappa shape index (κ3) is 2.44. The van der Waals surface area contributed by atoms with Gasteiger partial charge in [0.05, 0.1) is 28.6 Å². The summed E-state index contributed by atoms with van der Waals surface area (Å²) >= 11 is 6.32. The normalized spacial score (nSPS) is 13.0. The van der Waals surface area contributed by atoms with E-state index >= 15 is 0 Å². The molecule has 0 radical (unpaired) electrons. The van der Waals surface area contributed by atoms with Crippen LogP contribution >= 0.6 is 11.6 Å². The number of halogens is 1. The quantitative estimate of drug-likeness (QED) is 0.678. The molecule has 1 aromatic carbocycles. The number of benzene rings is 1. The van der Waals surface area contributed by atoms with E-state index in [-0.39, 0.29) is 5.38 Å². The van der Waals surface area contributed by atoms with Crippen LogP contribution in [0.2, 0.25) is 0 Å². The molecule has 0 saturated carbocycles. The third-order valence-electron chi connectivity index (χ3n) is 3.79. The van der Waals surface area contributed by atoms with Crippen LogP contribution in [0, 0.1) is 20.8 Å². The summed E-state index contributed by atoms with van der Waals surface area (Å²) in [6, 6.07) is 6.25. The highest BCUT2D eigenvalue weighted by Gasteiger charge is 2.18. The molecular formula is C16H18ClN3O. The smallest absolute Gasteiger partial charge is 0.138 e. The van der Waals surface area contributed by atoms with Gasteiger partial charge in [0.1, 0.15) is 11.6 Å². The molecule has 0 spiro atoms. The van der Waals surface area contributed by atoms with Crippen LogP contribution in [0.15, 0.2) is 22.7 Å². The Labute approximate surface area is 128 Å². The zero-order valence-corrected chi connectivity index (χ0v) is 13.4. The molecule has 21 heavy (non-hydrogen) atoms. The van der Waals surface area contributed by atoms with Gasteiger partial charge in [0.15, 0.2) is 0 Å². The Kier molecular flexibility index (Phi) is 3.49. The molecule has 2 aromatic heterocycles. The van der Waals surface area contributed by atoms with Gasteiger partial charge in [0, 0.05) is 5.56 Å². The van der Waals surface area contributed by atoms with E-state index < -0.39 is 0 Å². The maximum atomic E-state index is 6.32. The molecule has 0 bridgehead atoms. The summed E-state index contributed by atoms with van der Waals surface area (Å²) in [5, 5.41) is 3.87. The van der Waals surface area contributed by atoms with Crippen molar-refractivity contribution in [1.29, 1.82) is 0 Å². The average Bonchev–Trinajstić information content (AvgIpc) is 2.94. The number of rotatable bonds is 3. The second-order valence-electron chi connectivity index (χ2n) is 5.47. The Morgan fingerprint density at radius 2 is 2.05 bits per heavy atom. The summed E-state index contributed by atoms with van der Waals surface area (Å²) < 4.78 is 7.42. The molecule has 2 heterocycles. The SMILES string of the molecule is Cc1ccc2nc(C(C)Cl)n(Cc3c(C)noc3C)c2c1. The van der Waals surface area contributed by atoms with E-state index in [0.29, 0.717) is 6.54 Å². The lowest BCUT2D eigenvalue weighted by Gasteiger charge is -2.10. The van der Waals surface area contributed by atoms with Crippen molar-refractivity contribution in [2.24, 2.45) is 0 Å². The van der Waals surface area contributed by atoms with Crippen molar-refractivity contribution in [3.63, 3.8) is 0 Å². The van der Waals surface area contributed by atoms with Crippen LogP contribution in [0.5, 0.6) is 0 Å². The van der Waals surface area contributed by atoms with Crippen molar-refractivity contribution in [1.82, 2.24) is 14.7 Å². The lowest BCUT2D eigenvalue weighted by Crippen LogP contribution is -2.07. The fourth-order valence-electron chi connectivity index (χ4n) is 2.61. The molecule has 0 amide bonds. The number of aromatic nitrogens is 3. The second-order valence-corrected chi connectivity index (χ2v) is 6.12. The molecule has 0 N–H and O–H groups in total. The molecule has 0 saturated heterocycles. The molecule has 3 rings (SSSR count). The van der Waals surface area contributed by atoms with Crippen LogP contribution in [0.4, 0.5) is 0 Å². The van der Waals surface area contributed by atoms with E-state index in [1.54, 1.807) is 0 Å². The molecule has 5 heteroatoms. The number of aryl methyl sites for hydroxylation is 3. The summed E-state index contributed by atoms with van der Waals surface area (Å²) in [6.07, 6.45) is 0. The fraction of sp³-hybridized carbons (Fsp3) is 0.375. The van der Waals surface area contributed by atoms with Gasteiger partial charge in [-0.3, -0.25) is 0 Å². The lowest BCUT2D eigenvalue weighted by molar-refractivity contribution is 0.392. The highest BCUT2D eigenvalue weighted by Crippen LogP contribution is 2.27. The number of fused-ring (bicyclic) bond motifs is 1. The van der Waals surface area contributed by atoms with Gasteiger partial charge >= 0.3 is 0 Å². The number of hydrogen-bond donors (Lipinski definition) is 0. The van der Waals surface area contributed by atoms with Gasteiger partial charge in [-0.15, -0.1) is 11.6 Å². The largest absolute Gasteiger partial charge is 0.361 e. The number of imidazole rings is 1. The minimum absolute atomic E-state index is 0.154. The summed E-state index contributed by atoms with van der Waals surface area (Å²) in [6.45, 7) is 8.59. The molecule has 1 unspecified atom stereocenters. The topological polar surface area (TPSA) is 43.9 Å². The molecular weight excluding hydrogens is 286 g/mol. The van der Waals surface area contributed by atoms with Crippen LogP contribution in [-0.2, 0) is 6.54 Å². The maximum absolute atomic E-state index is 6.32. The Morgan fingerprint density at radius 3 is 2.67 bits per heavy atom. The molecule has 4 nitrogen and oxygen atoms in total. The lowest BCUT2D eigenvalue weighted by atomic mass is 10.2. The predicted molar refractivity (Wildman–Crippen MR) is 83.8 cm³/mol. The van der Waals surface area contributed by atoms with Gasteiger partial charge in [-0.05, 0) is 45.4 Å². The molecule has 0 aliphatic rings. The van der Waals surface area contributed by atoms with Crippen molar-refractivity contribution in [3.8, 4) is 0 Å². The van der Waals surface area contributed by atoms with E-state index in [0.717, 1.165) is 33.9 Å². The van der Waals surface area contributed by atoms with Gasteiger partial charge in [0.2, 0.25) is 0 Å². The Balaban J connectivity index is 2.19. The van der Waals surface area contributed by atoms with Gasteiger partial charge in [-0.2, -0.15) is 0 Å². The zero-order valence-electron chi connectivity index (χ0n) is 12.6. The number of alkyl halides is 1. The van der Waals surface area contributed by atoms with Gasteiger partial charge in [0.25, 0.3) is 0 Å². The van der Waals surface area contributed by atoms with E-state index in [4.69, 9.17) is 16.1 Å². The van der Waals surface area contributed by atoms with Gasteiger partial charge in [-0.1, -0.05) is 11.2 Å². The number of hydrogen-bond acceptors (Lipinski definition) is 3. The highest BCUT2D eigenvalue weighted by atomic mass is 35.5. The van der Waals surface area contributed by atoms with Crippen molar-refractivity contribution >= 4 is 22.6 Å². The van der Waals surface area contributed by atoms with E-state index in [1.807, 2.05) is 26.8 Å². The first-order valence-electron chi connectivity index (χ1n) is 7.00. The Bertz CT molecular complexity index is 782.